The van der Waals surface area contributed by atoms with E-state index in [9.17, 15) is 4.79 Å². The Labute approximate surface area is 79.4 Å². The SMILES string of the molecule is CCCNC(=O)/C(C)=C/C(C)C#N. The molecule has 0 bridgehead atoms. The summed E-state index contributed by atoms with van der Waals surface area (Å²) in [6, 6.07) is 2.05. The molecule has 72 valence electrons. The molecule has 0 aromatic carbocycles. The summed E-state index contributed by atoms with van der Waals surface area (Å²) < 4.78 is 0. The fraction of sp³-hybridized carbons (Fsp3) is 0.600. The lowest BCUT2D eigenvalue weighted by molar-refractivity contribution is -0.117. The summed E-state index contributed by atoms with van der Waals surface area (Å²) >= 11 is 0. The molecule has 1 atom stereocenters. The number of rotatable bonds is 4. The number of allylic oxidation sites excluding steroid dienone is 1. The van der Waals surface area contributed by atoms with Crippen LogP contribution in [0.3, 0.4) is 0 Å². The Kier molecular flexibility index (Phi) is 5.62. The van der Waals surface area contributed by atoms with Crippen LogP contribution in [0.15, 0.2) is 11.6 Å². The van der Waals surface area contributed by atoms with Gasteiger partial charge < -0.3 is 5.32 Å². The molecule has 0 fully saturated rings. The van der Waals surface area contributed by atoms with Gasteiger partial charge in [0.1, 0.15) is 0 Å². The number of nitrogens with zero attached hydrogens (tertiary/aromatic N) is 1. The van der Waals surface area contributed by atoms with E-state index >= 15 is 0 Å². The van der Waals surface area contributed by atoms with Crippen LogP contribution in [0.4, 0.5) is 0 Å². The predicted molar refractivity (Wildman–Crippen MR) is 51.8 cm³/mol. The molecule has 0 aromatic rings. The molecule has 3 heteroatoms. The minimum absolute atomic E-state index is 0.0797. The molecule has 0 aliphatic carbocycles. The van der Waals surface area contributed by atoms with Crippen LogP contribution in [0.1, 0.15) is 27.2 Å². The van der Waals surface area contributed by atoms with E-state index in [-0.39, 0.29) is 11.8 Å². The van der Waals surface area contributed by atoms with Crippen molar-refractivity contribution in [2.75, 3.05) is 6.54 Å². The van der Waals surface area contributed by atoms with Gasteiger partial charge in [-0.3, -0.25) is 4.79 Å². The van der Waals surface area contributed by atoms with Crippen LogP contribution in [0.2, 0.25) is 0 Å². The zero-order valence-corrected chi connectivity index (χ0v) is 8.42. The molecule has 0 saturated heterocycles. The quantitative estimate of drug-likeness (QED) is 0.668. The van der Waals surface area contributed by atoms with Crippen molar-refractivity contribution in [2.24, 2.45) is 5.92 Å². The Morgan fingerprint density at radius 2 is 2.31 bits per heavy atom. The number of hydrogen-bond donors (Lipinski definition) is 1. The maximum Gasteiger partial charge on any atom is 0.246 e. The highest BCUT2D eigenvalue weighted by Gasteiger charge is 2.04. The Balaban J connectivity index is 4.10. The normalized spacial score (nSPS) is 13.2. The van der Waals surface area contributed by atoms with Crippen LogP contribution in [-0.4, -0.2) is 12.5 Å². The molecule has 0 aliphatic heterocycles. The smallest absolute Gasteiger partial charge is 0.246 e. The molecule has 1 N–H and O–H groups in total. The van der Waals surface area contributed by atoms with Crippen molar-refractivity contribution in [3.8, 4) is 6.07 Å². The minimum Gasteiger partial charge on any atom is -0.352 e. The van der Waals surface area contributed by atoms with Gasteiger partial charge in [-0.1, -0.05) is 13.0 Å². The second kappa shape index (κ2) is 6.24. The first-order valence-electron chi connectivity index (χ1n) is 4.48. The highest BCUT2D eigenvalue weighted by Crippen LogP contribution is 2.01. The number of nitrogens with one attached hydrogen (secondary N) is 1. The van der Waals surface area contributed by atoms with Gasteiger partial charge in [-0.05, 0) is 20.3 Å². The molecule has 0 heterocycles. The maximum absolute atomic E-state index is 11.3. The predicted octanol–water partition coefficient (Wildman–Crippen LogP) is 1.62. The van der Waals surface area contributed by atoms with Crippen LogP contribution < -0.4 is 5.32 Å². The standard InChI is InChI=1S/C10H16N2O/c1-4-5-12-10(13)9(3)6-8(2)7-11/h6,8H,4-5H2,1-3H3,(H,12,13)/b9-6+. The van der Waals surface area contributed by atoms with E-state index in [0.29, 0.717) is 12.1 Å². The van der Waals surface area contributed by atoms with E-state index in [1.54, 1.807) is 19.9 Å². The first-order chi connectivity index (χ1) is 6.11. The van der Waals surface area contributed by atoms with E-state index in [1.165, 1.54) is 0 Å². The number of hydrogen-bond acceptors (Lipinski definition) is 2. The van der Waals surface area contributed by atoms with Crippen molar-refractivity contribution in [1.29, 1.82) is 5.26 Å². The monoisotopic (exact) mass is 180 g/mol. The van der Waals surface area contributed by atoms with Crippen molar-refractivity contribution in [1.82, 2.24) is 5.32 Å². The highest BCUT2D eigenvalue weighted by atomic mass is 16.1. The summed E-state index contributed by atoms with van der Waals surface area (Å²) in [4.78, 5) is 11.3. The molecule has 0 aromatic heterocycles. The molecule has 0 saturated carbocycles. The van der Waals surface area contributed by atoms with Gasteiger partial charge in [0.25, 0.3) is 0 Å². The molecule has 0 spiro atoms. The lowest BCUT2D eigenvalue weighted by Gasteiger charge is -2.03. The zero-order chi connectivity index (χ0) is 10.3. The summed E-state index contributed by atoms with van der Waals surface area (Å²) in [5, 5.41) is 11.3. The van der Waals surface area contributed by atoms with Crippen LogP contribution >= 0.6 is 0 Å². The van der Waals surface area contributed by atoms with Crippen molar-refractivity contribution < 1.29 is 4.79 Å². The van der Waals surface area contributed by atoms with Crippen molar-refractivity contribution in [3.63, 3.8) is 0 Å². The first kappa shape index (κ1) is 11.7. The Bertz CT molecular complexity index is 238. The average Bonchev–Trinajstić information content (AvgIpc) is 2.13. The largest absolute Gasteiger partial charge is 0.352 e. The van der Waals surface area contributed by atoms with E-state index < -0.39 is 0 Å². The first-order valence-corrected chi connectivity index (χ1v) is 4.48. The number of carbonyl (C=O) groups excluding carboxylic acids is 1. The Hall–Kier alpha value is -1.30. The highest BCUT2D eigenvalue weighted by molar-refractivity contribution is 5.92. The minimum atomic E-state index is -0.202. The fourth-order valence-corrected chi connectivity index (χ4v) is 0.866. The van der Waals surface area contributed by atoms with Gasteiger partial charge in [-0.2, -0.15) is 5.26 Å². The van der Waals surface area contributed by atoms with E-state index in [1.807, 2.05) is 6.92 Å². The van der Waals surface area contributed by atoms with E-state index in [0.717, 1.165) is 6.42 Å². The van der Waals surface area contributed by atoms with Crippen LogP contribution in [-0.2, 0) is 4.79 Å². The number of carbonyl (C=O) groups is 1. The van der Waals surface area contributed by atoms with E-state index in [2.05, 4.69) is 11.4 Å². The summed E-state index contributed by atoms with van der Waals surface area (Å²) in [6.45, 7) is 6.16. The Morgan fingerprint density at radius 3 is 2.77 bits per heavy atom. The lowest BCUT2D eigenvalue weighted by atomic mass is 10.1. The van der Waals surface area contributed by atoms with Gasteiger partial charge in [0, 0.05) is 12.1 Å². The third kappa shape index (κ3) is 5.02. The second-order valence-corrected chi connectivity index (χ2v) is 3.02. The maximum atomic E-state index is 11.3. The van der Waals surface area contributed by atoms with Crippen molar-refractivity contribution >= 4 is 5.91 Å². The summed E-state index contributed by atoms with van der Waals surface area (Å²) in [5.74, 6) is -0.281. The van der Waals surface area contributed by atoms with Crippen molar-refractivity contribution in [2.45, 2.75) is 27.2 Å². The molecular weight excluding hydrogens is 164 g/mol. The van der Waals surface area contributed by atoms with E-state index in [4.69, 9.17) is 5.26 Å². The van der Waals surface area contributed by atoms with Crippen LogP contribution in [0.5, 0.6) is 0 Å². The Morgan fingerprint density at radius 1 is 1.69 bits per heavy atom. The third-order valence-corrected chi connectivity index (χ3v) is 1.60. The van der Waals surface area contributed by atoms with Crippen LogP contribution in [0, 0.1) is 17.2 Å². The average molecular weight is 180 g/mol. The van der Waals surface area contributed by atoms with Crippen molar-refractivity contribution in [3.05, 3.63) is 11.6 Å². The molecule has 0 radical (unpaired) electrons. The molecule has 13 heavy (non-hydrogen) atoms. The summed E-state index contributed by atoms with van der Waals surface area (Å²) in [6.07, 6.45) is 2.60. The topological polar surface area (TPSA) is 52.9 Å². The second-order valence-electron chi connectivity index (χ2n) is 3.02. The van der Waals surface area contributed by atoms with Gasteiger partial charge in [0.15, 0.2) is 0 Å². The van der Waals surface area contributed by atoms with Gasteiger partial charge in [-0.25, -0.2) is 0 Å². The molecular formula is C10H16N2O. The molecule has 1 amide bonds. The summed E-state index contributed by atoms with van der Waals surface area (Å²) in [7, 11) is 0. The van der Waals surface area contributed by atoms with Gasteiger partial charge >= 0.3 is 0 Å². The molecule has 0 aliphatic rings. The molecule has 1 unspecified atom stereocenters. The number of nitriles is 1. The summed E-state index contributed by atoms with van der Waals surface area (Å²) in [5.41, 5.74) is 0.613. The van der Waals surface area contributed by atoms with Crippen LogP contribution in [0.25, 0.3) is 0 Å². The fourth-order valence-electron chi connectivity index (χ4n) is 0.866. The van der Waals surface area contributed by atoms with Gasteiger partial charge in [-0.15, -0.1) is 0 Å². The van der Waals surface area contributed by atoms with Gasteiger partial charge in [0.05, 0.1) is 12.0 Å². The number of amides is 1. The molecule has 3 nitrogen and oxygen atoms in total. The third-order valence-electron chi connectivity index (χ3n) is 1.60. The molecule has 0 rings (SSSR count). The zero-order valence-electron chi connectivity index (χ0n) is 8.42. The van der Waals surface area contributed by atoms with Gasteiger partial charge in [0.2, 0.25) is 5.91 Å². The lowest BCUT2D eigenvalue weighted by Crippen LogP contribution is -2.24.